The van der Waals surface area contributed by atoms with E-state index in [0.717, 1.165) is 18.4 Å². The van der Waals surface area contributed by atoms with E-state index in [2.05, 4.69) is 0 Å². The highest BCUT2D eigenvalue weighted by Crippen LogP contribution is 2.37. The van der Waals surface area contributed by atoms with Gasteiger partial charge in [0.15, 0.2) is 5.78 Å². The van der Waals surface area contributed by atoms with Crippen molar-refractivity contribution in [3.05, 3.63) is 47.6 Å². The molecule has 0 aromatic rings. The molecule has 0 spiro atoms. The summed E-state index contributed by atoms with van der Waals surface area (Å²) >= 11 is 0. The Bertz CT molecular complexity index is 1750. The van der Waals surface area contributed by atoms with E-state index in [9.17, 15) is 29.4 Å². The van der Waals surface area contributed by atoms with E-state index in [0.29, 0.717) is 56.9 Å². The molecule has 0 aromatic heterocycles. The molecule has 2 saturated heterocycles. The molecule has 0 unspecified atom stereocenters. The Kier molecular flexibility index (Phi) is 22.5. The highest BCUT2D eigenvalue weighted by molar-refractivity contribution is 6.39. The maximum absolute atomic E-state index is 14.5. The molecule has 0 aromatic carbocycles. The van der Waals surface area contributed by atoms with Gasteiger partial charge in [-0.2, -0.15) is 0 Å². The lowest BCUT2D eigenvalue weighted by Gasteiger charge is -2.43. The third-order valence-electron chi connectivity index (χ3n) is 15.0. The highest BCUT2D eigenvalue weighted by atomic mass is 16.6. The second-order valence-electron chi connectivity index (χ2n) is 19.9. The van der Waals surface area contributed by atoms with Crippen molar-refractivity contribution in [1.29, 1.82) is 0 Å². The number of hydrogen-bond acceptors (Lipinski definition) is 14. The van der Waals surface area contributed by atoms with Crippen molar-refractivity contribution in [2.24, 2.45) is 35.3 Å². The number of aliphatic hydroxyl groups excluding tert-OH is 1. The number of fused-ring (bicyclic) bond motifs is 3. The molecule has 4 aliphatic rings. The van der Waals surface area contributed by atoms with Gasteiger partial charge in [0, 0.05) is 78.7 Å². The summed E-state index contributed by atoms with van der Waals surface area (Å²) in [6.07, 6.45) is 12.8. The van der Waals surface area contributed by atoms with Crippen LogP contribution in [0.15, 0.2) is 47.6 Å². The molecule has 380 valence electrons. The number of amides is 1. The van der Waals surface area contributed by atoms with Crippen LogP contribution in [0.3, 0.4) is 0 Å². The van der Waals surface area contributed by atoms with Gasteiger partial charge < -0.3 is 54.0 Å². The van der Waals surface area contributed by atoms with Crippen LogP contribution in [0.25, 0.3) is 0 Å². The smallest absolute Gasteiger partial charge is 0.329 e. The number of allylic oxidation sites excluding steroid dienone is 5. The number of cyclic esters (lactones) is 1. The average Bonchev–Trinajstić information content (AvgIpc) is 3.31. The van der Waals surface area contributed by atoms with Crippen LogP contribution in [0.1, 0.15) is 119 Å². The lowest BCUT2D eigenvalue weighted by Crippen LogP contribution is -2.61. The molecular weight excluding hydrogens is 861 g/mol. The molecule has 0 radical (unpaired) electrons. The quantitative estimate of drug-likeness (QED) is 0.146. The van der Waals surface area contributed by atoms with Gasteiger partial charge in [0.25, 0.3) is 11.7 Å². The first-order valence-corrected chi connectivity index (χ1v) is 24.6. The zero-order valence-electron chi connectivity index (χ0n) is 42.2. The van der Waals surface area contributed by atoms with Gasteiger partial charge in [-0.1, -0.05) is 64.2 Å². The molecule has 3 heterocycles. The number of carbonyl (C=O) groups excluding carboxylic acids is 4. The molecule has 2 bridgehead atoms. The lowest BCUT2D eigenvalue weighted by molar-refractivity contribution is -0.265. The molecule has 1 aliphatic carbocycles. The zero-order valence-corrected chi connectivity index (χ0v) is 42.2. The van der Waals surface area contributed by atoms with Crippen LogP contribution in [0.5, 0.6) is 0 Å². The summed E-state index contributed by atoms with van der Waals surface area (Å²) in [5.74, 6) is -6.70. The number of nitrogens with two attached hydrogens (primary N) is 1. The minimum Gasteiger partial charge on any atom is -0.459 e. The van der Waals surface area contributed by atoms with Crippen molar-refractivity contribution >= 4 is 23.4 Å². The van der Waals surface area contributed by atoms with E-state index >= 15 is 0 Å². The molecule has 16 atom stereocenters. The lowest BCUT2D eigenvalue weighted by atomic mass is 9.80. The second-order valence-corrected chi connectivity index (χ2v) is 19.9. The molecule has 67 heavy (non-hydrogen) atoms. The van der Waals surface area contributed by atoms with Crippen LogP contribution < -0.4 is 5.73 Å². The van der Waals surface area contributed by atoms with Crippen molar-refractivity contribution in [2.75, 3.05) is 42.1 Å². The van der Waals surface area contributed by atoms with Crippen LogP contribution in [-0.2, 0) is 52.3 Å². The molecule has 1 amide bonds. The fourth-order valence-corrected chi connectivity index (χ4v) is 10.6. The predicted molar refractivity (Wildman–Crippen MR) is 255 cm³/mol. The van der Waals surface area contributed by atoms with Crippen molar-refractivity contribution in [2.45, 2.75) is 185 Å². The number of esters is 1. The van der Waals surface area contributed by atoms with Gasteiger partial charge in [-0.05, 0) is 101 Å². The third-order valence-corrected chi connectivity index (χ3v) is 15.0. The first-order chi connectivity index (χ1) is 31.8. The van der Waals surface area contributed by atoms with Crippen LogP contribution >= 0.6 is 0 Å². The van der Waals surface area contributed by atoms with Crippen molar-refractivity contribution in [3.8, 4) is 0 Å². The van der Waals surface area contributed by atoms with Crippen LogP contribution in [0, 0.1) is 29.6 Å². The van der Waals surface area contributed by atoms with Gasteiger partial charge >= 0.3 is 5.97 Å². The van der Waals surface area contributed by atoms with E-state index < -0.39 is 84.0 Å². The van der Waals surface area contributed by atoms with E-state index in [-0.39, 0.29) is 55.1 Å². The van der Waals surface area contributed by atoms with Gasteiger partial charge in [0.2, 0.25) is 5.79 Å². The number of ether oxygens (including phenoxy) is 7. The molecule has 1 saturated carbocycles. The Morgan fingerprint density at radius 2 is 1.49 bits per heavy atom. The number of methoxy groups -OCH3 is 5. The Hall–Kier alpha value is -3.12. The van der Waals surface area contributed by atoms with Gasteiger partial charge in [0.05, 0.1) is 30.5 Å². The number of ketones is 2. The molecule has 15 heteroatoms. The Labute approximate surface area is 400 Å². The minimum atomic E-state index is -2.41. The number of piperidine rings is 1. The van der Waals surface area contributed by atoms with Crippen LogP contribution in [-0.4, -0.2) is 147 Å². The van der Waals surface area contributed by atoms with Crippen molar-refractivity contribution in [1.82, 2.24) is 4.90 Å². The van der Waals surface area contributed by atoms with E-state index in [1.807, 2.05) is 64.2 Å². The minimum absolute atomic E-state index is 0.0404. The highest BCUT2D eigenvalue weighted by Gasteiger charge is 2.53. The average molecular weight is 945 g/mol. The first-order valence-electron chi connectivity index (χ1n) is 24.6. The molecule has 3 fully saturated rings. The topological polar surface area (TPSA) is 203 Å². The zero-order chi connectivity index (χ0) is 49.6. The van der Waals surface area contributed by atoms with Gasteiger partial charge in [-0.25, -0.2) is 4.79 Å². The number of aliphatic hydroxyl groups is 2. The Morgan fingerprint density at radius 3 is 2.15 bits per heavy atom. The number of hydrogen-bond donors (Lipinski definition) is 3. The number of carbonyl (C=O) groups is 4. The number of rotatable bonds is 8. The molecule has 3 aliphatic heterocycles. The monoisotopic (exact) mass is 945 g/mol. The largest absolute Gasteiger partial charge is 0.459 e. The summed E-state index contributed by atoms with van der Waals surface area (Å²) in [6, 6.07) is -1.76. The standard InChI is InChI=1S/C52H84N2O13/c1-31-17-13-12-14-18-32(2)42(62-8)29-38-22-20-36(6)52(60,67-38)49(57)50(58)54-24-16-15-19-40(54)51(59)66-44(39(53)27-37-21-23-41(61-7)45(28-37)64-10)30-43(63-9)33(3)26-35(5)47(56)48(65-11)46(55)34(4)25-31/h12-14,17-18,26,31,33-34,36-45,47-48,56,60H,15-16,19-25,27-30,53H2,1-11H3/b14-12+,17-13+,32-18+,35-26+/t31-,33-,34-,36-,37+,38+,39-,40+,41-,42+,43-,44+,45-,47-,48+,52-/m1/s1. The summed E-state index contributed by atoms with van der Waals surface area (Å²) in [4.78, 5) is 58.1. The Morgan fingerprint density at radius 1 is 0.791 bits per heavy atom. The van der Waals surface area contributed by atoms with Gasteiger partial charge in [0.1, 0.15) is 24.4 Å². The Balaban J connectivity index is 1.72. The predicted octanol–water partition coefficient (Wildman–Crippen LogP) is 5.97. The summed E-state index contributed by atoms with van der Waals surface area (Å²) in [7, 11) is 7.91. The summed E-state index contributed by atoms with van der Waals surface area (Å²) < 4.78 is 41.6. The molecular formula is C52H84N2O13. The third kappa shape index (κ3) is 14.9. The van der Waals surface area contributed by atoms with Gasteiger partial charge in [-0.3, -0.25) is 14.4 Å². The first kappa shape index (κ1) is 56.5. The van der Waals surface area contributed by atoms with Crippen molar-refractivity contribution in [3.63, 3.8) is 0 Å². The molecule has 4 N–H and O–H groups in total. The maximum Gasteiger partial charge on any atom is 0.329 e. The second kappa shape index (κ2) is 26.7. The fraction of sp³-hybridized carbons (Fsp3) is 0.769. The SMILES string of the molecule is CO[C@H]1C[C@@H]2CC[C@@H](C)[C@@](O)(O2)C(=O)C(=O)N2CCCC[C@H]2C(=O)O[C@H]([C@H](N)C[C@@H]2CC[C@@H](OC)[C@H](OC)C2)C[C@@H](OC)[C@H](C)/C=C(\C)[C@@H](O)[C@@H](OC)C(=O)[C@H](C)C[C@H](C)/C=C/C=C/C=C/1C. The fourth-order valence-electron chi connectivity index (χ4n) is 10.6. The van der Waals surface area contributed by atoms with E-state index in [4.69, 9.17) is 38.9 Å². The van der Waals surface area contributed by atoms with Gasteiger partial charge in [-0.15, -0.1) is 0 Å². The van der Waals surface area contributed by atoms with Crippen LogP contribution in [0.4, 0.5) is 0 Å². The van der Waals surface area contributed by atoms with Crippen LogP contribution in [0.2, 0.25) is 0 Å². The van der Waals surface area contributed by atoms with E-state index in [1.54, 1.807) is 42.3 Å². The van der Waals surface area contributed by atoms with Crippen molar-refractivity contribution < 1.29 is 62.5 Å². The summed E-state index contributed by atoms with van der Waals surface area (Å²) in [5, 5.41) is 23.6. The maximum atomic E-state index is 14.5. The molecule has 4 rings (SSSR count). The van der Waals surface area contributed by atoms with E-state index in [1.165, 1.54) is 12.0 Å². The number of nitrogens with zero attached hydrogens (tertiary/aromatic N) is 1. The summed E-state index contributed by atoms with van der Waals surface area (Å²) in [5.41, 5.74) is 8.46. The number of Topliss-reactive ketones (excluding diaryl/α,β-unsaturated/α-hetero) is 2. The summed E-state index contributed by atoms with van der Waals surface area (Å²) in [6.45, 7) is 11.3. The molecule has 15 nitrogen and oxygen atoms in total. The normalized spacial score (nSPS) is 40.7.